The van der Waals surface area contributed by atoms with E-state index in [9.17, 15) is 8.78 Å². The number of fused-ring (bicyclic) bond motifs is 1. The summed E-state index contributed by atoms with van der Waals surface area (Å²) in [5.74, 6) is -2.26. The number of aromatic nitrogens is 3. The maximum atomic E-state index is 13.3. The van der Waals surface area contributed by atoms with Gasteiger partial charge in [0.15, 0.2) is 0 Å². The van der Waals surface area contributed by atoms with Gasteiger partial charge in [-0.1, -0.05) is 29.4 Å². The summed E-state index contributed by atoms with van der Waals surface area (Å²) in [6, 6.07) is 8.97. The van der Waals surface area contributed by atoms with Crippen molar-refractivity contribution in [1.82, 2.24) is 20.4 Å². The molecule has 1 aromatic carbocycles. The van der Waals surface area contributed by atoms with E-state index in [1.807, 2.05) is 30.3 Å². The van der Waals surface area contributed by atoms with Gasteiger partial charge in [-0.3, -0.25) is 10.3 Å². The van der Waals surface area contributed by atoms with Crippen LogP contribution in [0.1, 0.15) is 18.4 Å². The number of rotatable bonds is 2. The molecule has 112 valence electrons. The van der Waals surface area contributed by atoms with E-state index in [1.165, 1.54) is 0 Å². The van der Waals surface area contributed by atoms with Gasteiger partial charge >= 0.3 is 0 Å². The zero-order valence-electron chi connectivity index (χ0n) is 11.5. The molecule has 1 N–H and O–H groups in total. The average Bonchev–Trinajstić information content (AvgIpc) is 3.13. The second kappa shape index (κ2) is 4.81. The Bertz CT molecular complexity index is 828. The Morgan fingerprint density at radius 1 is 1.23 bits per heavy atom. The SMILES string of the molecule is FC1(F)CNC(c2nc(-c3nccc4ccccc34)no2)C1. The highest BCUT2D eigenvalue weighted by Crippen LogP contribution is 2.34. The van der Waals surface area contributed by atoms with E-state index in [1.54, 1.807) is 6.20 Å². The number of benzene rings is 1. The first kappa shape index (κ1) is 13.3. The van der Waals surface area contributed by atoms with Crippen LogP contribution in [0.5, 0.6) is 0 Å². The minimum Gasteiger partial charge on any atom is -0.337 e. The van der Waals surface area contributed by atoms with Crippen LogP contribution in [-0.4, -0.2) is 27.6 Å². The largest absolute Gasteiger partial charge is 0.337 e. The molecule has 4 rings (SSSR count). The lowest BCUT2D eigenvalue weighted by atomic mass is 10.1. The maximum absolute atomic E-state index is 13.3. The molecule has 22 heavy (non-hydrogen) atoms. The van der Waals surface area contributed by atoms with E-state index >= 15 is 0 Å². The van der Waals surface area contributed by atoms with E-state index in [4.69, 9.17) is 4.52 Å². The summed E-state index contributed by atoms with van der Waals surface area (Å²) in [5, 5.41) is 8.49. The first-order valence-electron chi connectivity index (χ1n) is 6.91. The van der Waals surface area contributed by atoms with Crippen LogP contribution in [0.25, 0.3) is 22.3 Å². The van der Waals surface area contributed by atoms with Gasteiger partial charge in [0.25, 0.3) is 5.92 Å². The average molecular weight is 302 g/mol. The van der Waals surface area contributed by atoms with E-state index in [-0.39, 0.29) is 18.9 Å². The molecule has 5 nitrogen and oxygen atoms in total. The molecule has 1 atom stereocenters. The summed E-state index contributed by atoms with van der Waals surface area (Å²) < 4.78 is 31.7. The number of pyridine rings is 1. The molecule has 0 saturated carbocycles. The highest BCUT2D eigenvalue weighted by molar-refractivity contribution is 5.92. The van der Waals surface area contributed by atoms with Crippen molar-refractivity contribution in [3.63, 3.8) is 0 Å². The third-order valence-electron chi connectivity index (χ3n) is 3.74. The molecule has 2 aromatic heterocycles. The zero-order valence-corrected chi connectivity index (χ0v) is 11.5. The smallest absolute Gasteiger partial charge is 0.262 e. The van der Waals surface area contributed by atoms with Gasteiger partial charge in [-0.05, 0) is 11.5 Å². The quantitative estimate of drug-likeness (QED) is 0.788. The van der Waals surface area contributed by atoms with Crippen LogP contribution in [0.3, 0.4) is 0 Å². The molecule has 0 radical (unpaired) electrons. The number of hydrogen-bond acceptors (Lipinski definition) is 5. The predicted octanol–water partition coefficient (Wildman–Crippen LogP) is 2.95. The summed E-state index contributed by atoms with van der Waals surface area (Å²) in [4.78, 5) is 8.53. The number of halogens is 2. The summed E-state index contributed by atoms with van der Waals surface area (Å²) in [6.45, 7) is -0.373. The molecule has 1 fully saturated rings. The molecule has 0 spiro atoms. The first-order valence-corrected chi connectivity index (χ1v) is 6.91. The van der Waals surface area contributed by atoms with Crippen LogP contribution in [0, 0.1) is 0 Å². The fraction of sp³-hybridized carbons (Fsp3) is 0.267. The third kappa shape index (κ3) is 2.23. The predicted molar refractivity (Wildman–Crippen MR) is 75.3 cm³/mol. The highest BCUT2D eigenvalue weighted by atomic mass is 19.3. The molecule has 7 heteroatoms. The minimum absolute atomic E-state index is 0.168. The molecule has 3 aromatic rings. The second-order valence-electron chi connectivity index (χ2n) is 5.33. The molecule has 1 saturated heterocycles. The van der Waals surface area contributed by atoms with Crippen LogP contribution in [0.15, 0.2) is 41.1 Å². The third-order valence-corrected chi connectivity index (χ3v) is 3.74. The summed E-state index contributed by atoms with van der Waals surface area (Å²) >= 11 is 0. The van der Waals surface area contributed by atoms with Crippen molar-refractivity contribution in [3.8, 4) is 11.5 Å². The maximum Gasteiger partial charge on any atom is 0.262 e. The van der Waals surface area contributed by atoms with Crippen LogP contribution in [0.2, 0.25) is 0 Å². The monoisotopic (exact) mass is 302 g/mol. The molecule has 0 bridgehead atoms. The van der Waals surface area contributed by atoms with Crippen LogP contribution < -0.4 is 5.32 Å². The van der Waals surface area contributed by atoms with Crippen LogP contribution >= 0.6 is 0 Å². The Morgan fingerprint density at radius 3 is 2.91 bits per heavy atom. The van der Waals surface area contributed by atoms with Gasteiger partial charge in [0.1, 0.15) is 5.69 Å². The lowest BCUT2D eigenvalue weighted by Crippen LogP contribution is -2.19. The standard InChI is InChI=1S/C15H12F2N4O/c16-15(17)7-11(19-8-15)14-20-13(21-22-14)12-10-4-2-1-3-9(10)5-6-18-12/h1-6,11,19H,7-8H2. The van der Waals surface area contributed by atoms with Crippen molar-refractivity contribution in [2.45, 2.75) is 18.4 Å². The molecule has 0 aliphatic carbocycles. The van der Waals surface area contributed by atoms with Crippen molar-refractivity contribution < 1.29 is 13.3 Å². The van der Waals surface area contributed by atoms with Crippen molar-refractivity contribution in [3.05, 3.63) is 42.4 Å². The highest BCUT2D eigenvalue weighted by Gasteiger charge is 2.42. The van der Waals surface area contributed by atoms with Crippen molar-refractivity contribution in [2.75, 3.05) is 6.54 Å². The van der Waals surface area contributed by atoms with Gasteiger partial charge < -0.3 is 4.52 Å². The molecule has 1 unspecified atom stereocenters. The Balaban J connectivity index is 1.72. The Morgan fingerprint density at radius 2 is 2.09 bits per heavy atom. The Hall–Kier alpha value is -2.41. The van der Waals surface area contributed by atoms with Gasteiger partial charge in [-0.15, -0.1) is 0 Å². The fourth-order valence-electron chi connectivity index (χ4n) is 2.66. The zero-order chi connectivity index (χ0) is 15.2. The number of hydrogen-bond donors (Lipinski definition) is 1. The van der Waals surface area contributed by atoms with Crippen molar-refractivity contribution in [1.29, 1.82) is 0 Å². The summed E-state index contributed by atoms with van der Waals surface area (Å²) in [5.41, 5.74) is 0.581. The number of nitrogens with one attached hydrogen (secondary N) is 1. The van der Waals surface area contributed by atoms with Crippen LogP contribution in [-0.2, 0) is 0 Å². The Labute approximate surface area is 124 Å². The molecule has 1 aliphatic heterocycles. The van der Waals surface area contributed by atoms with Crippen molar-refractivity contribution >= 4 is 10.8 Å². The van der Waals surface area contributed by atoms with Gasteiger partial charge in [-0.25, -0.2) is 8.78 Å². The van der Waals surface area contributed by atoms with Gasteiger partial charge in [0.2, 0.25) is 11.7 Å². The van der Waals surface area contributed by atoms with Gasteiger partial charge in [0.05, 0.1) is 12.6 Å². The van der Waals surface area contributed by atoms with Crippen molar-refractivity contribution in [2.24, 2.45) is 0 Å². The van der Waals surface area contributed by atoms with E-state index in [0.29, 0.717) is 11.5 Å². The topological polar surface area (TPSA) is 63.8 Å². The second-order valence-corrected chi connectivity index (χ2v) is 5.33. The molecule has 3 heterocycles. The summed E-state index contributed by atoms with van der Waals surface area (Å²) in [6.07, 6.45) is 1.33. The van der Waals surface area contributed by atoms with Gasteiger partial charge in [0, 0.05) is 18.0 Å². The molecule has 1 aliphatic rings. The first-order chi connectivity index (χ1) is 10.6. The number of alkyl halides is 2. The minimum atomic E-state index is -2.74. The van der Waals surface area contributed by atoms with E-state index < -0.39 is 12.0 Å². The summed E-state index contributed by atoms with van der Waals surface area (Å²) in [7, 11) is 0. The lowest BCUT2D eigenvalue weighted by Gasteiger charge is -2.04. The fourth-order valence-corrected chi connectivity index (χ4v) is 2.66. The van der Waals surface area contributed by atoms with Crippen LogP contribution in [0.4, 0.5) is 8.78 Å². The Kier molecular flexibility index (Phi) is 2.90. The number of nitrogens with zero attached hydrogens (tertiary/aromatic N) is 3. The molecular formula is C15H12F2N4O. The van der Waals surface area contributed by atoms with E-state index in [0.717, 1.165) is 10.8 Å². The lowest BCUT2D eigenvalue weighted by molar-refractivity contribution is 0.0200. The molecule has 0 amide bonds. The van der Waals surface area contributed by atoms with E-state index in [2.05, 4.69) is 20.4 Å². The normalized spacial score (nSPS) is 20.5. The molecular weight excluding hydrogens is 290 g/mol. The van der Waals surface area contributed by atoms with Gasteiger partial charge in [-0.2, -0.15) is 4.98 Å².